The second-order valence-corrected chi connectivity index (χ2v) is 4.43. The maximum absolute atomic E-state index is 9.65. The lowest BCUT2D eigenvalue weighted by molar-refractivity contribution is 0.140. The van der Waals surface area contributed by atoms with Crippen molar-refractivity contribution in [3.63, 3.8) is 0 Å². The van der Waals surface area contributed by atoms with E-state index in [9.17, 15) is 5.11 Å². The van der Waals surface area contributed by atoms with E-state index in [1.54, 1.807) is 6.20 Å². The molecule has 2 rings (SSSR count). The lowest BCUT2D eigenvalue weighted by Crippen LogP contribution is -2.08. The Hall–Kier alpha value is -0.410. The quantitative estimate of drug-likeness (QED) is 0.825. The van der Waals surface area contributed by atoms with Crippen molar-refractivity contribution in [2.75, 3.05) is 0 Å². The molecule has 0 radical (unpaired) electrons. The van der Waals surface area contributed by atoms with E-state index in [0.717, 1.165) is 30.3 Å². The number of pyridine rings is 1. The molecule has 13 heavy (non-hydrogen) atoms. The van der Waals surface area contributed by atoms with E-state index in [4.69, 9.17) is 0 Å². The molecular weight excluding hydrogens is 230 g/mol. The smallest absolute Gasteiger partial charge is 0.109 e. The number of nitrogens with zero attached hydrogens (tertiary/aromatic N) is 1. The third-order valence-corrected chi connectivity index (χ3v) is 3.24. The van der Waals surface area contributed by atoms with Crippen molar-refractivity contribution in [1.29, 1.82) is 0 Å². The van der Waals surface area contributed by atoms with Crippen LogP contribution in [0.5, 0.6) is 0 Å². The molecule has 1 N–H and O–H groups in total. The second kappa shape index (κ2) is 3.39. The first kappa shape index (κ1) is 9.16. The summed E-state index contributed by atoms with van der Waals surface area (Å²) in [5.74, 6) is 0. The summed E-state index contributed by atoms with van der Waals surface area (Å²) >= 11 is 3.39. The van der Waals surface area contributed by atoms with Crippen LogP contribution < -0.4 is 0 Å². The van der Waals surface area contributed by atoms with Gasteiger partial charge in [-0.25, -0.2) is 4.98 Å². The van der Waals surface area contributed by atoms with E-state index in [0.29, 0.717) is 0 Å². The predicted octanol–water partition coefficient (Wildman–Crippen LogP) is 2.30. The van der Waals surface area contributed by atoms with Crippen LogP contribution in [0.15, 0.2) is 22.9 Å². The molecule has 0 bridgehead atoms. The van der Waals surface area contributed by atoms with Crippen LogP contribution in [0.25, 0.3) is 0 Å². The van der Waals surface area contributed by atoms with Gasteiger partial charge in [0, 0.05) is 6.20 Å². The first-order chi connectivity index (χ1) is 6.20. The van der Waals surface area contributed by atoms with E-state index in [1.807, 2.05) is 12.1 Å². The molecule has 1 aromatic heterocycles. The maximum atomic E-state index is 9.65. The maximum Gasteiger partial charge on any atom is 0.109 e. The zero-order valence-corrected chi connectivity index (χ0v) is 8.92. The number of aromatic nitrogens is 1. The molecule has 3 heteroatoms. The topological polar surface area (TPSA) is 33.1 Å². The molecule has 0 spiro atoms. The van der Waals surface area contributed by atoms with E-state index in [-0.39, 0.29) is 5.60 Å². The summed E-state index contributed by atoms with van der Waals surface area (Å²) in [5, 5.41) is 9.65. The first-order valence-corrected chi connectivity index (χ1v) is 5.31. The van der Waals surface area contributed by atoms with Crippen LogP contribution in [0.4, 0.5) is 0 Å². The van der Waals surface area contributed by atoms with Gasteiger partial charge in [0.2, 0.25) is 0 Å². The summed E-state index contributed by atoms with van der Waals surface area (Å²) in [6, 6.07) is 3.97. The van der Waals surface area contributed by atoms with Crippen LogP contribution >= 0.6 is 15.9 Å². The van der Waals surface area contributed by atoms with Gasteiger partial charge in [0.1, 0.15) is 4.60 Å². The molecule has 1 aromatic rings. The third-order valence-electron chi connectivity index (χ3n) is 2.52. The average molecular weight is 242 g/mol. The summed E-state index contributed by atoms with van der Waals surface area (Å²) in [6.45, 7) is 0. The van der Waals surface area contributed by atoms with Crippen molar-refractivity contribution in [3.05, 3.63) is 28.5 Å². The summed E-state index contributed by atoms with van der Waals surface area (Å²) in [7, 11) is 0. The number of aryl methyl sites for hydroxylation is 1. The molecule has 1 saturated carbocycles. The van der Waals surface area contributed by atoms with Crippen molar-refractivity contribution in [2.24, 2.45) is 0 Å². The van der Waals surface area contributed by atoms with Crippen LogP contribution in [0.2, 0.25) is 0 Å². The van der Waals surface area contributed by atoms with Crippen LogP contribution in [-0.4, -0.2) is 15.7 Å². The summed E-state index contributed by atoms with van der Waals surface area (Å²) in [4.78, 5) is 4.14. The summed E-state index contributed by atoms with van der Waals surface area (Å²) in [5.41, 5.74) is 0.831. The highest BCUT2D eigenvalue weighted by molar-refractivity contribution is 9.10. The van der Waals surface area contributed by atoms with E-state index in [2.05, 4.69) is 20.9 Å². The Morgan fingerprint density at radius 1 is 1.54 bits per heavy atom. The molecule has 1 aliphatic carbocycles. The Bertz CT molecular complexity index is 310. The van der Waals surface area contributed by atoms with Crippen molar-refractivity contribution in [3.8, 4) is 0 Å². The standard InChI is InChI=1S/C10H12BrNO/c11-9-8(2-1-7-12-9)3-4-10(13)5-6-10/h1-2,7,13H,3-6H2. The van der Waals surface area contributed by atoms with E-state index >= 15 is 0 Å². The number of rotatable bonds is 3. The monoisotopic (exact) mass is 241 g/mol. The number of halogens is 1. The van der Waals surface area contributed by atoms with Gasteiger partial charge in [-0.3, -0.25) is 0 Å². The number of hydrogen-bond donors (Lipinski definition) is 1. The Morgan fingerprint density at radius 3 is 2.92 bits per heavy atom. The molecular formula is C10H12BrNO. The molecule has 70 valence electrons. The zero-order valence-electron chi connectivity index (χ0n) is 7.33. The minimum absolute atomic E-state index is 0.352. The predicted molar refractivity (Wildman–Crippen MR) is 54.4 cm³/mol. The van der Waals surface area contributed by atoms with Crippen molar-refractivity contribution in [2.45, 2.75) is 31.3 Å². The molecule has 0 unspecified atom stereocenters. The number of hydrogen-bond acceptors (Lipinski definition) is 2. The van der Waals surface area contributed by atoms with Crippen LogP contribution in [0.3, 0.4) is 0 Å². The largest absolute Gasteiger partial charge is 0.390 e. The van der Waals surface area contributed by atoms with Crippen molar-refractivity contribution < 1.29 is 5.11 Å². The number of aliphatic hydroxyl groups is 1. The fourth-order valence-electron chi connectivity index (χ4n) is 1.37. The highest BCUT2D eigenvalue weighted by Crippen LogP contribution is 2.39. The highest BCUT2D eigenvalue weighted by atomic mass is 79.9. The van der Waals surface area contributed by atoms with Crippen LogP contribution in [0.1, 0.15) is 24.8 Å². The molecule has 1 fully saturated rings. The molecule has 2 nitrogen and oxygen atoms in total. The SMILES string of the molecule is OC1(CCc2cccnc2Br)CC1. The fourth-order valence-corrected chi connectivity index (χ4v) is 1.82. The Labute approximate surface area is 86.1 Å². The minimum Gasteiger partial charge on any atom is -0.390 e. The van der Waals surface area contributed by atoms with Gasteiger partial charge in [-0.05, 0) is 53.2 Å². The molecule has 0 atom stereocenters. The van der Waals surface area contributed by atoms with E-state index < -0.39 is 0 Å². The van der Waals surface area contributed by atoms with E-state index in [1.165, 1.54) is 5.56 Å². The molecule has 0 amide bonds. The van der Waals surface area contributed by atoms with Crippen molar-refractivity contribution >= 4 is 15.9 Å². The first-order valence-electron chi connectivity index (χ1n) is 4.51. The van der Waals surface area contributed by atoms with Gasteiger partial charge in [0.15, 0.2) is 0 Å². The zero-order chi connectivity index (χ0) is 9.31. The minimum atomic E-state index is -0.352. The van der Waals surface area contributed by atoms with Crippen LogP contribution in [-0.2, 0) is 6.42 Å². The van der Waals surface area contributed by atoms with Gasteiger partial charge in [0.25, 0.3) is 0 Å². The Morgan fingerprint density at radius 2 is 2.31 bits per heavy atom. The van der Waals surface area contributed by atoms with Gasteiger partial charge >= 0.3 is 0 Å². The summed E-state index contributed by atoms with van der Waals surface area (Å²) < 4.78 is 0.902. The van der Waals surface area contributed by atoms with Crippen molar-refractivity contribution in [1.82, 2.24) is 4.98 Å². The fraction of sp³-hybridized carbons (Fsp3) is 0.500. The Balaban J connectivity index is 1.97. The molecule has 0 saturated heterocycles. The third kappa shape index (κ3) is 2.29. The second-order valence-electron chi connectivity index (χ2n) is 3.68. The Kier molecular flexibility index (Phi) is 2.39. The molecule has 1 aliphatic rings. The highest BCUT2D eigenvalue weighted by Gasteiger charge is 2.39. The van der Waals surface area contributed by atoms with Gasteiger partial charge < -0.3 is 5.11 Å². The molecule has 0 aromatic carbocycles. The van der Waals surface area contributed by atoms with Gasteiger partial charge in [0.05, 0.1) is 5.60 Å². The lowest BCUT2D eigenvalue weighted by atomic mass is 10.1. The van der Waals surface area contributed by atoms with Gasteiger partial charge in [-0.2, -0.15) is 0 Å². The normalized spacial score (nSPS) is 18.6. The summed E-state index contributed by atoms with van der Waals surface area (Å²) in [6.07, 6.45) is 5.46. The van der Waals surface area contributed by atoms with Gasteiger partial charge in [-0.15, -0.1) is 0 Å². The van der Waals surface area contributed by atoms with Gasteiger partial charge in [-0.1, -0.05) is 6.07 Å². The molecule has 0 aliphatic heterocycles. The molecule has 1 heterocycles. The lowest BCUT2D eigenvalue weighted by Gasteiger charge is -2.07. The average Bonchev–Trinajstić information content (AvgIpc) is 2.83. The van der Waals surface area contributed by atoms with Crippen LogP contribution in [0, 0.1) is 0 Å².